The number of nitrogens with zero attached hydrogens (tertiary/aromatic N) is 6. The Bertz CT molecular complexity index is 1320. The molecule has 0 spiro atoms. The average Bonchev–Trinajstić information content (AvgIpc) is 3.27. The Morgan fingerprint density at radius 1 is 1.03 bits per heavy atom. The minimum absolute atomic E-state index is 0.382. The molecule has 0 aliphatic carbocycles. The Morgan fingerprint density at radius 2 is 1.82 bits per heavy atom. The van der Waals surface area contributed by atoms with Crippen molar-refractivity contribution in [1.82, 2.24) is 24.5 Å². The van der Waals surface area contributed by atoms with Crippen LogP contribution in [0.3, 0.4) is 0 Å². The summed E-state index contributed by atoms with van der Waals surface area (Å²) >= 11 is 6.62. The molecule has 33 heavy (non-hydrogen) atoms. The van der Waals surface area contributed by atoms with Crippen molar-refractivity contribution in [3.63, 3.8) is 0 Å². The first-order chi connectivity index (χ1) is 15.9. The van der Waals surface area contributed by atoms with Crippen molar-refractivity contribution >= 4 is 34.0 Å². The van der Waals surface area contributed by atoms with Crippen LogP contribution in [0.25, 0.3) is 28.1 Å². The van der Waals surface area contributed by atoms with Crippen LogP contribution in [0.4, 0.5) is 5.69 Å². The Balaban J connectivity index is 1.67. The lowest BCUT2D eigenvalue weighted by molar-refractivity contribution is -0.0382. The van der Waals surface area contributed by atoms with Gasteiger partial charge in [0.1, 0.15) is 5.75 Å². The van der Waals surface area contributed by atoms with Crippen molar-refractivity contribution in [2.45, 2.75) is 20.1 Å². The van der Waals surface area contributed by atoms with Crippen LogP contribution in [0.1, 0.15) is 12.6 Å². The first kappa shape index (κ1) is 21.9. The molecule has 1 saturated heterocycles. The van der Waals surface area contributed by atoms with E-state index in [1.165, 1.54) is 5.69 Å². The van der Waals surface area contributed by atoms with E-state index in [1.54, 1.807) is 7.11 Å². The van der Waals surface area contributed by atoms with E-state index in [1.807, 2.05) is 36.4 Å². The molecule has 2 aromatic carbocycles. The summed E-state index contributed by atoms with van der Waals surface area (Å²) in [6, 6.07) is 11.9. The number of methoxy groups -OCH3 is 1. The number of aromatic nitrogens is 4. The monoisotopic (exact) mass is 466 g/mol. The van der Waals surface area contributed by atoms with E-state index in [4.69, 9.17) is 26.1 Å². The summed E-state index contributed by atoms with van der Waals surface area (Å²) in [4.78, 5) is 9.53. The van der Waals surface area contributed by atoms with Crippen LogP contribution in [0.2, 0.25) is 5.02 Å². The molecule has 9 heteroatoms. The largest absolute Gasteiger partial charge is 0.465 e. The summed E-state index contributed by atoms with van der Waals surface area (Å²) in [5.74, 6) is 1.30. The van der Waals surface area contributed by atoms with Gasteiger partial charge in [0.25, 0.3) is 0 Å². The molecule has 0 amide bonds. The minimum Gasteiger partial charge on any atom is -0.465 e. The normalized spacial score (nSPS) is 16.0. The number of benzene rings is 2. The van der Waals surface area contributed by atoms with Crippen molar-refractivity contribution < 1.29 is 9.47 Å². The van der Waals surface area contributed by atoms with E-state index >= 15 is 0 Å². The summed E-state index contributed by atoms with van der Waals surface area (Å²) in [6.45, 7) is 7.84. The zero-order chi connectivity index (χ0) is 23.1. The fourth-order valence-electron chi connectivity index (χ4n) is 4.19. The highest BCUT2D eigenvalue weighted by molar-refractivity contribution is 6.33. The lowest BCUT2D eigenvalue weighted by Crippen LogP contribution is -2.44. The zero-order valence-corrected chi connectivity index (χ0v) is 20.0. The molecule has 172 valence electrons. The first-order valence-electron chi connectivity index (χ1n) is 11.0. The van der Waals surface area contributed by atoms with E-state index < -0.39 is 0 Å². The summed E-state index contributed by atoms with van der Waals surface area (Å²) in [5, 5.41) is 9.53. The van der Waals surface area contributed by atoms with Crippen LogP contribution in [-0.4, -0.2) is 71.1 Å². The lowest BCUT2D eigenvalue weighted by Gasteiger charge is -2.34. The van der Waals surface area contributed by atoms with Crippen LogP contribution in [0.15, 0.2) is 36.4 Å². The molecule has 2 aromatic heterocycles. The molecule has 1 unspecified atom stereocenters. The van der Waals surface area contributed by atoms with Crippen LogP contribution in [0.5, 0.6) is 5.75 Å². The van der Waals surface area contributed by atoms with Crippen molar-refractivity contribution in [3.05, 3.63) is 47.1 Å². The maximum Gasteiger partial charge on any atom is 0.196 e. The van der Waals surface area contributed by atoms with Gasteiger partial charge in [-0.3, -0.25) is 4.40 Å². The van der Waals surface area contributed by atoms with Crippen molar-refractivity contribution in [1.29, 1.82) is 0 Å². The number of piperazine rings is 1. The average molecular weight is 467 g/mol. The molecular weight excluding hydrogens is 440 g/mol. The molecular formula is C24H27ClN6O2. The highest BCUT2D eigenvalue weighted by Gasteiger charge is 2.20. The lowest BCUT2D eigenvalue weighted by atomic mass is 10.1. The van der Waals surface area contributed by atoms with Gasteiger partial charge in [-0.1, -0.05) is 11.6 Å². The Morgan fingerprint density at radius 3 is 2.58 bits per heavy atom. The van der Waals surface area contributed by atoms with E-state index in [0.29, 0.717) is 22.2 Å². The molecule has 8 nitrogen and oxygen atoms in total. The second-order valence-electron chi connectivity index (χ2n) is 8.41. The molecule has 0 N–H and O–H groups in total. The van der Waals surface area contributed by atoms with Gasteiger partial charge >= 0.3 is 0 Å². The number of anilines is 1. The highest BCUT2D eigenvalue weighted by atomic mass is 35.5. The number of hydrogen-bond acceptors (Lipinski definition) is 7. The van der Waals surface area contributed by atoms with Gasteiger partial charge in [-0.25, -0.2) is 4.98 Å². The molecule has 0 bridgehead atoms. The van der Waals surface area contributed by atoms with Gasteiger partial charge < -0.3 is 19.3 Å². The molecule has 0 radical (unpaired) electrons. The fraction of sp³-hybridized carbons (Fsp3) is 0.375. The van der Waals surface area contributed by atoms with E-state index in [9.17, 15) is 0 Å². The molecule has 1 atom stereocenters. The predicted octanol–water partition coefficient (Wildman–Crippen LogP) is 4.03. The number of ether oxygens (including phenoxy) is 2. The number of hydrogen-bond donors (Lipinski definition) is 0. The van der Waals surface area contributed by atoms with E-state index in [-0.39, 0.29) is 6.29 Å². The molecule has 4 aromatic rings. The molecule has 3 heterocycles. The van der Waals surface area contributed by atoms with E-state index in [0.717, 1.165) is 48.5 Å². The highest BCUT2D eigenvalue weighted by Crippen LogP contribution is 2.34. The summed E-state index contributed by atoms with van der Waals surface area (Å²) in [6.07, 6.45) is -0.382. The minimum atomic E-state index is -0.382. The number of fused-ring (bicyclic) bond motifs is 3. The zero-order valence-electron chi connectivity index (χ0n) is 19.2. The van der Waals surface area contributed by atoms with Gasteiger partial charge in [-0.15, -0.1) is 10.2 Å². The predicted molar refractivity (Wildman–Crippen MR) is 130 cm³/mol. The third-order valence-corrected chi connectivity index (χ3v) is 6.49. The van der Waals surface area contributed by atoms with Gasteiger partial charge in [0, 0.05) is 44.5 Å². The van der Waals surface area contributed by atoms with Gasteiger partial charge in [0.2, 0.25) is 0 Å². The third kappa shape index (κ3) is 4.10. The molecule has 1 aliphatic heterocycles. The summed E-state index contributed by atoms with van der Waals surface area (Å²) in [5.41, 5.74) is 5.25. The Hall–Kier alpha value is -2.94. The molecule has 1 fully saturated rings. The Kier molecular flexibility index (Phi) is 5.82. The van der Waals surface area contributed by atoms with Crippen LogP contribution in [-0.2, 0) is 4.74 Å². The Labute approximate surface area is 197 Å². The smallest absolute Gasteiger partial charge is 0.196 e. The number of rotatable bonds is 5. The number of likely N-dealkylation sites (N-methyl/N-ethyl adjacent to an activating group) is 1. The van der Waals surface area contributed by atoms with Crippen molar-refractivity contribution in [2.75, 3.05) is 45.2 Å². The third-order valence-electron chi connectivity index (χ3n) is 6.16. The topological polar surface area (TPSA) is 68.0 Å². The van der Waals surface area contributed by atoms with E-state index in [2.05, 4.69) is 45.2 Å². The standard InChI is InChI=1S/C24H27ClN6O2/c1-15-23-27-28-24(19-14-18(6-7-20(19)25)33-16(2)32-4)31(23)22-13-17(5-8-21(22)26-15)30-11-9-29(3)10-12-30/h5-8,13-14,16H,9-12H2,1-4H3. The maximum absolute atomic E-state index is 6.62. The van der Waals surface area contributed by atoms with Gasteiger partial charge in [-0.05, 0) is 57.3 Å². The van der Waals surface area contributed by atoms with Gasteiger partial charge in [-0.2, -0.15) is 0 Å². The molecule has 5 rings (SSSR count). The second-order valence-corrected chi connectivity index (χ2v) is 8.81. The number of halogens is 1. The van der Waals surface area contributed by atoms with Gasteiger partial charge in [0.05, 0.1) is 21.7 Å². The van der Waals surface area contributed by atoms with Crippen LogP contribution < -0.4 is 9.64 Å². The van der Waals surface area contributed by atoms with Gasteiger partial charge in [0.15, 0.2) is 17.8 Å². The molecule has 1 aliphatic rings. The van der Waals surface area contributed by atoms with Crippen LogP contribution >= 0.6 is 11.6 Å². The van der Waals surface area contributed by atoms with Crippen LogP contribution in [0, 0.1) is 6.92 Å². The van der Waals surface area contributed by atoms with Crippen molar-refractivity contribution in [2.24, 2.45) is 0 Å². The number of aryl methyl sites for hydroxylation is 1. The maximum atomic E-state index is 6.62. The fourth-order valence-corrected chi connectivity index (χ4v) is 4.39. The molecule has 0 saturated carbocycles. The summed E-state index contributed by atoms with van der Waals surface area (Å²) < 4.78 is 13.1. The summed E-state index contributed by atoms with van der Waals surface area (Å²) in [7, 11) is 3.76. The van der Waals surface area contributed by atoms with Crippen molar-refractivity contribution in [3.8, 4) is 17.1 Å². The first-order valence-corrected chi connectivity index (χ1v) is 11.4. The quantitative estimate of drug-likeness (QED) is 0.411. The SMILES string of the molecule is COC(C)Oc1ccc(Cl)c(-c2nnc3c(C)nc4ccc(N5CCN(C)CC5)cc4n23)c1. The second kappa shape index (κ2) is 8.78.